The highest BCUT2D eigenvalue weighted by Crippen LogP contribution is 2.25. The van der Waals surface area contributed by atoms with Crippen LogP contribution < -0.4 is 5.32 Å². The van der Waals surface area contributed by atoms with E-state index in [9.17, 15) is 4.39 Å². The number of rotatable bonds is 3. The fourth-order valence-corrected chi connectivity index (χ4v) is 1.44. The molecule has 1 aromatic heterocycles. The number of hydrogen-bond acceptors (Lipinski definition) is 3. The van der Waals surface area contributed by atoms with Crippen molar-refractivity contribution < 1.29 is 8.91 Å². The molecule has 0 unspecified atom stereocenters. The zero-order valence-electron chi connectivity index (χ0n) is 8.33. The second-order valence-electron chi connectivity index (χ2n) is 3.19. The van der Waals surface area contributed by atoms with Crippen LogP contribution in [0.1, 0.15) is 5.56 Å². The van der Waals surface area contributed by atoms with E-state index in [0.717, 1.165) is 5.56 Å². The molecule has 78 valence electrons. The van der Waals surface area contributed by atoms with Crippen LogP contribution in [0.5, 0.6) is 0 Å². The van der Waals surface area contributed by atoms with Gasteiger partial charge in [-0.05, 0) is 19.2 Å². The van der Waals surface area contributed by atoms with E-state index >= 15 is 0 Å². The molecule has 0 spiro atoms. The Balaban J connectivity index is 2.45. The maximum atomic E-state index is 13.5. The molecule has 0 aliphatic heterocycles. The smallest absolute Gasteiger partial charge is 0.174 e. The van der Waals surface area contributed by atoms with Gasteiger partial charge < -0.3 is 9.84 Å². The Morgan fingerprint density at radius 3 is 2.93 bits per heavy atom. The molecule has 0 saturated heterocycles. The SMILES string of the molecule is CNCc1cnoc1-c1ccccc1F. The van der Waals surface area contributed by atoms with Crippen molar-refractivity contribution in [2.75, 3.05) is 7.05 Å². The minimum Gasteiger partial charge on any atom is -0.356 e. The molecule has 2 aromatic rings. The van der Waals surface area contributed by atoms with Gasteiger partial charge >= 0.3 is 0 Å². The maximum Gasteiger partial charge on any atom is 0.174 e. The second kappa shape index (κ2) is 4.23. The fraction of sp³-hybridized carbons (Fsp3) is 0.182. The van der Waals surface area contributed by atoms with Crippen LogP contribution in [0.2, 0.25) is 0 Å². The first-order chi connectivity index (χ1) is 7.33. The summed E-state index contributed by atoms with van der Waals surface area (Å²) in [7, 11) is 1.82. The topological polar surface area (TPSA) is 38.1 Å². The number of nitrogens with one attached hydrogen (secondary N) is 1. The van der Waals surface area contributed by atoms with Gasteiger partial charge in [-0.1, -0.05) is 17.3 Å². The van der Waals surface area contributed by atoms with Gasteiger partial charge in [-0.15, -0.1) is 0 Å². The first-order valence-electron chi connectivity index (χ1n) is 4.66. The van der Waals surface area contributed by atoms with Crippen molar-refractivity contribution in [1.82, 2.24) is 10.5 Å². The lowest BCUT2D eigenvalue weighted by atomic mass is 10.1. The zero-order chi connectivity index (χ0) is 10.7. The molecule has 0 saturated carbocycles. The summed E-state index contributed by atoms with van der Waals surface area (Å²) in [5.74, 6) is 0.189. The van der Waals surface area contributed by atoms with Crippen LogP contribution in [-0.4, -0.2) is 12.2 Å². The summed E-state index contributed by atoms with van der Waals surface area (Å²) in [4.78, 5) is 0. The van der Waals surface area contributed by atoms with Gasteiger partial charge in [-0.25, -0.2) is 4.39 Å². The van der Waals surface area contributed by atoms with Gasteiger partial charge in [0, 0.05) is 12.1 Å². The van der Waals surface area contributed by atoms with Gasteiger partial charge in [0.15, 0.2) is 5.76 Å². The molecule has 0 fully saturated rings. The Labute approximate surface area is 86.9 Å². The summed E-state index contributed by atoms with van der Waals surface area (Å²) in [5, 5.41) is 6.65. The molecule has 0 radical (unpaired) electrons. The summed E-state index contributed by atoms with van der Waals surface area (Å²) < 4.78 is 18.5. The molecule has 0 aliphatic carbocycles. The number of hydrogen-bond donors (Lipinski definition) is 1. The molecule has 0 bridgehead atoms. The van der Waals surface area contributed by atoms with E-state index in [-0.39, 0.29) is 5.82 Å². The normalized spacial score (nSPS) is 10.5. The second-order valence-corrected chi connectivity index (χ2v) is 3.19. The highest BCUT2D eigenvalue weighted by molar-refractivity contribution is 5.61. The van der Waals surface area contributed by atoms with Crippen LogP contribution in [0.15, 0.2) is 35.0 Å². The third kappa shape index (κ3) is 1.89. The van der Waals surface area contributed by atoms with Gasteiger partial charge in [-0.2, -0.15) is 0 Å². The van der Waals surface area contributed by atoms with Crippen molar-refractivity contribution in [3.05, 3.63) is 41.8 Å². The van der Waals surface area contributed by atoms with E-state index in [1.54, 1.807) is 24.4 Å². The first-order valence-corrected chi connectivity index (χ1v) is 4.66. The predicted octanol–water partition coefficient (Wildman–Crippen LogP) is 2.20. The molecule has 0 atom stereocenters. The molecular formula is C11H11FN2O. The summed E-state index contributed by atoms with van der Waals surface area (Å²) in [5.41, 5.74) is 1.29. The third-order valence-electron chi connectivity index (χ3n) is 2.13. The molecule has 15 heavy (non-hydrogen) atoms. The summed E-state index contributed by atoms with van der Waals surface area (Å²) in [6.45, 7) is 0.604. The average molecular weight is 206 g/mol. The van der Waals surface area contributed by atoms with E-state index in [2.05, 4.69) is 10.5 Å². The van der Waals surface area contributed by atoms with Crippen molar-refractivity contribution in [2.45, 2.75) is 6.54 Å². The van der Waals surface area contributed by atoms with Crippen LogP contribution in [-0.2, 0) is 6.54 Å². The Morgan fingerprint density at radius 2 is 2.20 bits per heavy atom. The van der Waals surface area contributed by atoms with Crippen LogP contribution in [0.25, 0.3) is 11.3 Å². The van der Waals surface area contributed by atoms with E-state index in [0.29, 0.717) is 17.9 Å². The molecule has 4 heteroatoms. The largest absolute Gasteiger partial charge is 0.356 e. The Kier molecular flexibility index (Phi) is 2.78. The van der Waals surface area contributed by atoms with Gasteiger partial charge in [0.1, 0.15) is 5.82 Å². The minimum atomic E-state index is -0.299. The Bertz CT molecular complexity index is 453. The van der Waals surface area contributed by atoms with Crippen LogP contribution in [0, 0.1) is 5.82 Å². The van der Waals surface area contributed by atoms with E-state index in [1.807, 2.05) is 7.05 Å². The first kappa shape index (κ1) is 9.86. The van der Waals surface area contributed by atoms with E-state index < -0.39 is 0 Å². The fourth-order valence-electron chi connectivity index (χ4n) is 1.44. The van der Waals surface area contributed by atoms with E-state index in [1.165, 1.54) is 6.07 Å². The molecule has 3 nitrogen and oxygen atoms in total. The lowest BCUT2D eigenvalue weighted by molar-refractivity contribution is 0.429. The van der Waals surface area contributed by atoms with Gasteiger partial charge in [0.2, 0.25) is 0 Å². The third-order valence-corrected chi connectivity index (χ3v) is 2.13. The standard InChI is InChI=1S/C11H11FN2O/c1-13-6-8-7-14-15-11(8)9-4-2-3-5-10(9)12/h2-5,7,13H,6H2,1H3. The van der Waals surface area contributed by atoms with Crippen molar-refractivity contribution in [3.63, 3.8) is 0 Å². The number of aromatic nitrogens is 1. The van der Waals surface area contributed by atoms with Crippen LogP contribution in [0.4, 0.5) is 4.39 Å². The van der Waals surface area contributed by atoms with Gasteiger partial charge in [0.25, 0.3) is 0 Å². The monoisotopic (exact) mass is 206 g/mol. The molecule has 1 heterocycles. The van der Waals surface area contributed by atoms with Crippen LogP contribution >= 0.6 is 0 Å². The summed E-state index contributed by atoms with van der Waals surface area (Å²) in [6, 6.07) is 6.49. The van der Waals surface area contributed by atoms with Crippen molar-refractivity contribution in [3.8, 4) is 11.3 Å². The van der Waals surface area contributed by atoms with Gasteiger partial charge in [0.05, 0.1) is 11.8 Å². The quantitative estimate of drug-likeness (QED) is 0.836. The average Bonchev–Trinajstić information content (AvgIpc) is 2.67. The summed E-state index contributed by atoms with van der Waals surface area (Å²) >= 11 is 0. The molecule has 0 amide bonds. The van der Waals surface area contributed by atoms with Crippen molar-refractivity contribution in [1.29, 1.82) is 0 Å². The van der Waals surface area contributed by atoms with Crippen LogP contribution in [0.3, 0.4) is 0 Å². The molecule has 0 aliphatic rings. The van der Waals surface area contributed by atoms with Gasteiger partial charge in [-0.3, -0.25) is 0 Å². The zero-order valence-corrected chi connectivity index (χ0v) is 8.33. The minimum absolute atomic E-state index is 0.299. The van der Waals surface area contributed by atoms with E-state index in [4.69, 9.17) is 4.52 Å². The molecule has 1 aromatic carbocycles. The van der Waals surface area contributed by atoms with Crippen molar-refractivity contribution in [2.24, 2.45) is 0 Å². The number of halogens is 1. The predicted molar refractivity (Wildman–Crippen MR) is 54.7 cm³/mol. The molecule has 2 rings (SSSR count). The lowest BCUT2D eigenvalue weighted by Gasteiger charge is -2.01. The molecule has 1 N–H and O–H groups in total. The Hall–Kier alpha value is -1.68. The highest BCUT2D eigenvalue weighted by Gasteiger charge is 2.13. The van der Waals surface area contributed by atoms with Crippen molar-refractivity contribution >= 4 is 0 Å². The highest BCUT2D eigenvalue weighted by atomic mass is 19.1. The maximum absolute atomic E-state index is 13.5. The number of benzene rings is 1. The lowest BCUT2D eigenvalue weighted by Crippen LogP contribution is -2.05. The Morgan fingerprint density at radius 1 is 1.40 bits per heavy atom. The summed E-state index contributed by atoms with van der Waals surface area (Å²) in [6.07, 6.45) is 1.60. The number of nitrogens with zero attached hydrogens (tertiary/aromatic N) is 1. The molecular weight excluding hydrogens is 195 g/mol.